The van der Waals surface area contributed by atoms with Gasteiger partial charge in [0.05, 0.1) is 6.54 Å². The highest BCUT2D eigenvalue weighted by molar-refractivity contribution is 5.85. The molecule has 5 nitrogen and oxygen atoms in total. The first kappa shape index (κ1) is 25.7. The van der Waals surface area contributed by atoms with E-state index in [-0.39, 0.29) is 54.5 Å². The molecule has 0 aromatic heterocycles. The lowest BCUT2D eigenvalue weighted by Gasteiger charge is -2.38. The Morgan fingerprint density at radius 1 is 0.848 bits per heavy atom. The smallest absolute Gasteiger partial charge is 0.409 e. The van der Waals surface area contributed by atoms with Crippen molar-refractivity contribution in [3.8, 4) is 0 Å². The number of amides is 1. The first-order chi connectivity index (χ1) is 15.1. The molecule has 2 aliphatic heterocycles. The van der Waals surface area contributed by atoms with E-state index < -0.39 is 0 Å². The van der Waals surface area contributed by atoms with Crippen molar-refractivity contribution in [2.75, 3.05) is 52.4 Å². The Morgan fingerprint density at radius 2 is 1.55 bits per heavy atom. The number of hydrogen-bond acceptors (Lipinski definition) is 4. The number of piperazine rings is 1. The van der Waals surface area contributed by atoms with Gasteiger partial charge < -0.3 is 9.64 Å². The number of halogens is 4. The van der Waals surface area contributed by atoms with Crippen LogP contribution in [0.15, 0.2) is 42.5 Å². The summed E-state index contributed by atoms with van der Waals surface area (Å²) in [6, 6.07) is 11.9. The van der Waals surface area contributed by atoms with Gasteiger partial charge >= 0.3 is 6.09 Å². The van der Waals surface area contributed by atoms with Crippen LogP contribution in [0.5, 0.6) is 0 Å². The zero-order valence-electron chi connectivity index (χ0n) is 18.3. The molecule has 0 bridgehead atoms. The fraction of sp³-hybridized carbons (Fsp3) is 0.458. The van der Waals surface area contributed by atoms with Gasteiger partial charge in [-0.3, -0.25) is 9.80 Å². The van der Waals surface area contributed by atoms with Gasteiger partial charge in [-0.15, -0.1) is 24.8 Å². The first-order valence-electron chi connectivity index (χ1n) is 11.0. The predicted octanol–water partition coefficient (Wildman–Crippen LogP) is 4.45. The Bertz CT molecular complexity index is 955. The number of ether oxygens (including phenoxy) is 1. The molecule has 0 unspecified atom stereocenters. The second-order valence-corrected chi connectivity index (χ2v) is 8.61. The van der Waals surface area contributed by atoms with Crippen LogP contribution in [-0.4, -0.2) is 73.2 Å². The molecule has 3 aliphatic rings. The Kier molecular flexibility index (Phi) is 8.56. The Labute approximate surface area is 205 Å². The van der Waals surface area contributed by atoms with Gasteiger partial charge in [-0.1, -0.05) is 18.2 Å². The number of hydrogen-bond donors (Lipinski definition) is 0. The van der Waals surface area contributed by atoms with Crippen molar-refractivity contribution in [2.45, 2.75) is 18.4 Å². The maximum absolute atomic E-state index is 14.1. The molecule has 2 aromatic rings. The van der Waals surface area contributed by atoms with E-state index in [9.17, 15) is 13.6 Å². The molecule has 2 fully saturated rings. The number of carbonyl (C=O) groups is 1. The number of carbonyl (C=O) groups excluding carboxylic acids is 1. The average Bonchev–Trinajstić information content (AvgIpc) is 3.36. The zero-order valence-corrected chi connectivity index (χ0v) is 19.9. The van der Waals surface area contributed by atoms with Crippen LogP contribution >= 0.6 is 24.8 Å². The van der Waals surface area contributed by atoms with Crippen LogP contribution in [0.1, 0.15) is 35.1 Å². The fourth-order valence-electron chi connectivity index (χ4n) is 5.17. The minimum Gasteiger partial charge on any atom is -0.448 e. The number of fused-ring (bicyclic) bond motifs is 1. The summed E-state index contributed by atoms with van der Waals surface area (Å²) in [4.78, 5) is 18.2. The van der Waals surface area contributed by atoms with Crippen molar-refractivity contribution in [3.63, 3.8) is 0 Å². The number of nitrogens with zero attached hydrogens (tertiary/aromatic N) is 3. The third kappa shape index (κ3) is 5.43. The minimum absolute atomic E-state index is 0. The molecule has 180 valence electrons. The standard InChI is InChI=1S/C24H27F2N3O2.2ClH/c25-18-3-1-17(2-4-18)21-16-23(22-15-19(26)5-6-20(21)22)28-10-7-27(8-11-28)9-12-29-13-14-31-24(29)30;;/h1-6,15,21,23H,7-14,16H2;2*1H/t21-,23+;;/m0../s1. The summed E-state index contributed by atoms with van der Waals surface area (Å²) >= 11 is 0. The van der Waals surface area contributed by atoms with Crippen LogP contribution in [-0.2, 0) is 4.74 Å². The predicted molar refractivity (Wildman–Crippen MR) is 127 cm³/mol. The average molecular weight is 500 g/mol. The van der Waals surface area contributed by atoms with Crippen LogP contribution in [0.2, 0.25) is 0 Å². The second-order valence-electron chi connectivity index (χ2n) is 8.61. The summed E-state index contributed by atoms with van der Waals surface area (Å²) in [5.74, 6) is -0.295. The molecule has 1 amide bonds. The number of rotatable bonds is 5. The highest BCUT2D eigenvalue weighted by Crippen LogP contribution is 2.47. The van der Waals surface area contributed by atoms with Gasteiger partial charge in [0, 0.05) is 51.2 Å². The molecule has 33 heavy (non-hydrogen) atoms. The van der Waals surface area contributed by atoms with Crippen LogP contribution in [0.4, 0.5) is 13.6 Å². The van der Waals surface area contributed by atoms with Crippen LogP contribution in [0, 0.1) is 11.6 Å². The molecule has 9 heteroatoms. The zero-order chi connectivity index (χ0) is 21.4. The van der Waals surface area contributed by atoms with Crippen molar-refractivity contribution in [3.05, 3.63) is 70.8 Å². The maximum atomic E-state index is 14.1. The maximum Gasteiger partial charge on any atom is 0.409 e. The molecule has 0 N–H and O–H groups in total. The molecular formula is C24H29Cl2F2N3O2. The molecule has 2 heterocycles. The van der Waals surface area contributed by atoms with E-state index in [4.69, 9.17) is 4.74 Å². The summed E-state index contributed by atoms with van der Waals surface area (Å²) in [7, 11) is 0. The Morgan fingerprint density at radius 3 is 2.21 bits per heavy atom. The summed E-state index contributed by atoms with van der Waals surface area (Å²) < 4.78 is 32.5. The summed E-state index contributed by atoms with van der Waals surface area (Å²) in [6.45, 7) is 6.35. The lowest BCUT2D eigenvalue weighted by atomic mass is 9.93. The van der Waals surface area contributed by atoms with Gasteiger partial charge in [-0.2, -0.15) is 0 Å². The van der Waals surface area contributed by atoms with Gasteiger partial charge in [0.1, 0.15) is 18.2 Å². The molecule has 0 saturated carbocycles. The molecule has 0 radical (unpaired) electrons. The first-order valence-corrected chi connectivity index (χ1v) is 11.0. The SMILES string of the molecule is Cl.Cl.O=C1OCCN1CCN1CCN([C@@H]2C[C@@H](c3ccc(F)cc3)c3ccc(F)cc32)CC1. The lowest BCUT2D eigenvalue weighted by Crippen LogP contribution is -2.49. The van der Waals surface area contributed by atoms with Crippen molar-refractivity contribution in [2.24, 2.45) is 0 Å². The largest absolute Gasteiger partial charge is 0.448 e. The van der Waals surface area contributed by atoms with Gasteiger partial charge in [-0.25, -0.2) is 13.6 Å². The van der Waals surface area contributed by atoms with E-state index in [2.05, 4.69) is 9.80 Å². The summed E-state index contributed by atoms with van der Waals surface area (Å²) in [6.07, 6.45) is 0.666. The number of cyclic esters (lactones) is 1. The molecule has 2 aromatic carbocycles. The monoisotopic (exact) mass is 499 g/mol. The van der Waals surface area contributed by atoms with Crippen LogP contribution < -0.4 is 0 Å². The topological polar surface area (TPSA) is 36.0 Å². The molecular weight excluding hydrogens is 471 g/mol. The highest BCUT2D eigenvalue weighted by Gasteiger charge is 2.37. The molecule has 5 rings (SSSR count). The van der Waals surface area contributed by atoms with Gasteiger partial charge in [0.25, 0.3) is 0 Å². The van der Waals surface area contributed by atoms with Gasteiger partial charge in [0.2, 0.25) is 0 Å². The van der Waals surface area contributed by atoms with Crippen molar-refractivity contribution in [1.29, 1.82) is 0 Å². The fourth-order valence-corrected chi connectivity index (χ4v) is 5.17. The van der Waals surface area contributed by atoms with Crippen molar-refractivity contribution < 1.29 is 18.3 Å². The van der Waals surface area contributed by atoms with E-state index in [1.807, 2.05) is 18.2 Å². The van der Waals surface area contributed by atoms with E-state index in [1.165, 1.54) is 18.2 Å². The normalized spacial score (nSPS) is 23.0. The van der Waals surface area contributed by atoms with Gasteiger partial charge in [0.15, 0.2) is 0 Å². The Balaban J connectivity index is 0.00000153. The third-order valence-electron chi connectivity index (χ3n) is 6.89. The second kappa shape index (κ2) is 11.0. The van der Waals surface area contributed by atoms with Crippen LogP contribution in [0.3, 0.4) is 0 Å². The van der Waals surface area contributed by atoms with Crippen molar-refractivity contribution in [1.82, 2.24) is 14.7 Å². The highest BCUT2D eigenvalue weighted by atomic mass is 35.5. The van der Waals surface area contributed by atoms with E-state index in [0.29, 0.717) is 19.7 Å². The lowest BCUT2D eigenvalue weighted by molar-refractivity contribution is 0.0892. The molecule has 1 aliphatic carbocycles. The molecule has 2 saturated heterocycles. The van der Waals surface area contributed by atoms with E-state index >= 15 is 0 Å². The van der Waals surface area contributed by atoms with E-state index in [1.54, 1.807) is 11.0 Å². The quantitative estimate of drug-likeness (QED) is 0.608. The van der Waals surface area contributed by atoms with Crippen LogP contribution in [0.25, 0.3) is 0 Å². The van der Waals surface area contributed by atoms with E-state index in [0.717, 1.165) is 55.8 Å². The molecule has 0 spiro atoms. The summed E-state index contributed by atoms with van der Waals surface area (Å²) in [5, 5.41) is 0. The number of benzene rings is 2. The minimum atomic E-state index is -0.240. The van der Waals surface area contributed by atoms with Gasteiger partial charge in [-0.05, 0) is 47.4 Å². The summed E-state index contributed by atoms with van der Waals surface area (Å²) in [5.41, 5.74) is 3.28. The Hall–Kier alpha value is -1.93. The third-order valence-corrected chi connectivity index (χ3v) is 6.89. The van der Waals surface area contributed by atoms with Crippen molar-refractivity contribution >= 4 is 30.9 Å². The molecule has 2 atom stereocenters.